The number of rotatable bonds is 2. The maximum Gasteiger partial charge on any atom is 0.253 e. The highest BCUT2D eigenvalue weighted by Gasteiger charge is 2.32. The SMILES string of the molecule is Cc1cc(N2CCOC(C(=O)N3CCc4sccc4C3)C2)ncn1. The number of fused-ring (bicyclic) bond motifs is 1. The zero-order valence-corrected chi connectivity index (χ0v) is 14.5. The Hall–Kier alpha value is -1.99. The van der Waals surface area contributed by atoms with Crippen LogP contribution in [-0.4, -0.2) is 53.1 Å². The fourth-order valence-corrected chi connectivity index (χ4v) is 4.15. The molecule has 126 valence electrons. The van der Waals surface area contributed by atoms with Crippen molar-refractivity contribution >= 4 is 23.1 Å². The Balaban J connectivity index is 1.45. The average Bonchev–Trinajstić information content (AvgIpc) is 3.09. The van der Waals surface area contributed by atoms with Crippen LogP contribution in [0.4, 0.5) is 5.82 Å². The fourth-order valence-electron chi connectivity index (χ4n) is 3.26. The van der Waals surface area contributed by atoms with Crippen LogP contribution < -0.4 is 4.90 Å². The van der Waals surface area contributed by atoms with Crippen LogP contribution in [0.15, 0.2) is 23.8 Å². The number of thiophene rings is 1. The Morgan fingerprint density at radius 1 is 1.38 bits per heavy atom. The number of morpholine rings is 1. The van der Waals surface area contributed by atoms with Crippen molar-refractivity contribution in [3.05, 3.63) is 40.0 Å². The van der Waals surface area contributed by atoms with Crippen molar-refractivity contribution in [2.45, 2.75) is 26.0 Å². The zero-order valence-electron chi connectivity index (χ0n) is 13.6. The lowest BCUT2D eigenvalue weighted by molar-refractivity contribution is -0.145. The highest BCUT2D eigenvalue weighted by atomic mass is 32.1. The van der Waals surface area contributed by atoms with E-state index in [0.717, 1.165) is 31.0 Å². The predicted molar refractivity (Wildman–Crippen MR) is 92.2 cm³/mol. The van der Waals surface area contributed by atoms with Gasteiger partial charge in [-0.15, -0.1) is 11.3 Å². The summed E-state index contributed by atoms with van der Waals surface area (Å²) in [5, 5.41) is 2.11. The molecule has 1 amide bonds. The molecular formula is C17H20N4O2S. The third kappa shape index (κ3) is 3.01. The van der Waals surface area contributed by atoms with Crippen molar-refractivity contribution in [2.24, 2.45) is 0 Å². The van der Waals surface area contributed by atoms with Gasteiger partial charge < -0.3 is 14.5 Å². The molecule has 0 aromatic carbocycles. The molecule has 1 unspecified atom stereocenters. The smallest absolute Gasteiger partial charge is 0.253 e. The molecule has 2 aromatic rings. The maximum absolute atomic E-state index is 12.9. The molecule has 0 bridgehead atoms. The summed E-state index contributed by atoms with van der Waals surface area (Å²) >= 11 is 1.78. The summed E-state index contributed by atoms with van der Waals surface area (Å²) < 4.78 is 5.77. The molecule has 4 rings (SSSR count). The van der Waals surface area contributed by atoms with Crippen LogP contribution in [0.2, 0.25) is 0 Å². The average molecular weight is 344 g/mol. The van der Waals surface area contributed by atoms with Crippen LogP contribution in [0, 0.1) is 6.92 Å². The van der Waals surface area contributed by atoms with E-state index in [2.05, 4.69) is 26.3 Å². The van der Waals surface area contributed by atoms with Gasteiger partial charge in [0.15, 0.2) is 6.10 Å². The number of ether oxygens (including phenoxy) is 1. The number of nitrogens with zero attached hydrogens (tertiary/aromatic N) is 4. The molecule has 24 heavy (non-hydrogen) atoms. The summed E-state index contributed by atoms with van der Waals surface area (Å²) in [5.41, 5.74) is 2.20. The first-order valence-electron chi connectivity index (χ1n) is 8.20. The van der Waals surface area contributed by atoms with Gasteiger partial charge in [0.25, 0.3) is 5.91 Å². The van der Waals surface area contributed by atoms with Gasteiger partial charge in [-0.3, -0.25) is 4.79 Å². The van der Waals surface area contributed by atoms with Crippen LogP contribution >= 0.6 is 11.3 Å². The Kier molecular flexibility index (Phi) is 4.20. The minimum atomic E-state index is -0.422. The lowest BCUT2D eigenvalue weighted by atomic mass is 10.1. The number of anilines is 1. The molecule has 1 fully saturated rings. The van der Waals surface area contributed by atoms with Gasteiger partial charge in [-0.2, -0.15) is 0 Å². The molecule has 4 heterocycles. The molecule has 1 saturated heterocycles. The lowest BCUT2D eigenvalue weighted by Gasteiger charge is -2.36. The van der Waals surface area contributed by atoms with E-state index in [1.807, 2.05) is 17.9 Å². The molecule has 0 saturated carbocycles. The van der Waals surface area contributed by atoms with Crippen molar-refractivity contribution in [3.63, 3.8) is 0 Å². The molecule has 2 aliphatic rings. The van der Waals surface area contributed by atoms with Gasteiger partial charge in [-0.05, 0) is 30.4 Å². The largest absolute Gasteiger partial charge is 0.365 e. The number of carbonyl (C=O) groups excluding carboxylic acids is 1. The van der Waals surface area contributed by atoms with E-state index in [0.29, 0.717) is 19.7 Å². The molecule has 0 spiro atoms. The molecule has 0 radical (unpaired) electrons. The first-order chi connectivity index (χ1) is 11.7. The second-order valence-electron chi connectivity index (χ2n) is 6.20. The normalized spacial score (nSPS) is 20.8. The molecule has 0 N–H and O–H groups in total. The topological polar surface area (TPSA) is 58.6 Å². The lowest BCUT2D eigenvalue weighted by Crippen LogP contribution is -2.52. The van der Waals surface area contributed by atoms with Crippen molar-refractivity contribution in [2.75, 3.05) is 31.1 Å². The minimum Gasteiger partial charge on any atom is -0.365 e. The first-order valence-corrected chi connectivity index (χ1v) is 9.08. The van der Waals surface area contributed by atoms with E-state index in [-0.39, 0.29) is 5.91 Å². The Labute approximate surface area is 145 Å². The van der Waals surface area contributed by atoms with E-state index < -0.39 is 6.10 Å². The van der Waals surface area contributed by atoms with Gasteiger partial charge in [0.2, 0.25) is 0 Å². The van der Waals surface area contributed by atoms with E-state index in [1.165, 1.54) is 10.4 Å². The summed E-state index contributed by atoms with van der Waals surface area (Å²) in [6, 6.07) is 4.07. The Bertz CT molecular complexity index is 748. The highest BCUT2D eigenvalue weighted by molar-refractivity contribution is 7.10. The van der Waals surface area contributed by atoms with E-state index >= 15 is 0 Å². The van der Waals surface area contributed by atoms with Crippen LogP contribution in [0.3, 0.4) is 0 Å². The summed E-state index contributed by atoms with van der Waals surface area (Å²) in [5.74, 6) is 0.949. The van der Waals surface area contributed by atoms with Crippen LogP contribution in [-0.2, 0) is 22.5 Å². The van der Waals surface area contributed by atoms with Gasteiger partial charge in [-0.25, -0.2) is 9.97 Å². The number of aryl methyl sites for hydroxylation is 1. The Morgan fingerprint density at radius 3 is 3.17 bits per heavy atom. The summed E-state index contributed by atoms with van der Waals surface area (Å²) in [6.45, 7) is 5.25. The first kappa shape index (κ1) is 15.5. The third-order valence-corrected chi connectivity index (χ3v) is 5.60. The second kappa shape index (κ2) is 6.49. The van der Waals surface area contributed by atoms with Crippen LogP contribution in [0.1, 0.15) is 16.1 Å². The van der Waals surface area contributed by atoms with Crippen molar-refractivity contribution < 1.29 is 9.53 Å². The molecule has 2 aliphatic heterocycles. The second-order valence-corrected chi connectivity index (χ2v) is 7.20. The molecular weight excluding hydrogens is 324 g/mol. The molecule has 1 atom stereocenters. The van der Waals surface area contributed by atoms with Gasteiger partial charge in [0.05, 0.1) is 13.2 Å². The molecule has 2 aromatic heterocycles. The predicted octanol–water partition coefficient (Wildman–Crippen LogP) is 1.64. The Morgan fingerprint density at radius 2 is 2.29 bits per heavy atom. The monoisotopic (exact) mass is 344 g/mol. The van der Waals surface area contributed by atoms with Crippen LogP contribution in [0.25, 0.3) is 0 Å². The van der Waals surface area contributed by atoms with Gasteiger partial charge in [-0.1, -0.05) is 0 Å². The van der Waals surface area contributed by atoms with Crippen LogP contribution in [0.5, 0.6) is 0 Å². The zero-order chi connectivity index (χ0) is 16.5. The van der Waals surface area contributed by atoms with Gasteiger partial charge in [0.1, 0.15) is 12.1 Å². The number of amides is 1. The number of hydrogen-bond acceptors (Lipinski definition) is 6. The summed E-state index contributed by atoms with van der Waals surface area (Å²) in [4.78, 5) is 26.8. The summed E-state index contributed by atoms with van der Waals surface area (Å²) in [7, 11) is 0. The molecule has 0 aliphatic carbocycles. The van der Waals surface area contributed by atoms with Crippen molar-refractivity contribution in [1.29, 1.82) is 0 Å². The fraction of sp³-hybridized carbons (Fsp3) is 0.471. The quantitative estimate of drug-likeness (QED) is 0.829. The summed E-state index contributed by atoms with van der Waals surface area (Å²) in [6.07, 6.45) is 2.09. The van der Waals surface area contributed by atoms with Gasteiger partial charge in [0, 0.05) is 36.3 Å². The van der Waals surface area contributed by atoms with Crippen molar-refractivity contribution in [1.82, 2.24) is 14.9 Å². The molecule has 7 heteroatoms. The number of hydrogen-bond donors (Lipinski definition) is 0. The van der Waals surface area contributed by atoms with Gasteiger partial charge >= 0.3 is 0 Å². The standard InChI is InChI=1S/C17H20N4O2S/c1-12-8-16(19-11-18-12)20-5-6-23-14(10-20)17(22)21-4-2-15-13(9-21)3-7-24-15/h3,7-8,11,14H,2,4-6,9-10H2,1H3. The van der Waals surface area contributed by atoms with E-state index in [1.54, 1.807) is 17.7 Å². The van der Waals surface area contributed by atoms with E-state index in [9.17, 15) is 4.79 Å². The molecule has 6 nitrogen and oxygen atoms in total. The minimum absolute atomic E-state index is 0.0855. The number of aromatic nitrogens is 2. The number of carbonyl (C=O) groups is 1. The van der Waals surface area contributed by atoms with Crippen molar-refractivity contribution in [3.8, 4) is 0 Å². The van der Waals surface area contributed by atoms with E-state index in [4.69, 9.17) is 4.74 Å². The third-order valence-electron chi connectivity index (χ3n) is 4.57. The highest BCUT2D eigenvalue weighted by Crippen LogP contribution is 2.25. The maximum atomic E-state index is 12.9.